The summed E-state index contributed by atoms with van der Waals surface area (Å²) in [6.07, 6.45) is 3.82. The summed E-state index contributed by atoms with van der Waals surface area (Å²) >= 11 is 1.40. The highest BCUT2D eigenvalue weighted by Gasteiger charge is 2.27. The maximum absolute atomic E-state index is 12.2. The molecule has 0 aliphatic heterocycles. The van der Waals surface area contributed by atoms with Crippen molar-refractivity contribution in [2.45, 2.75) is 38.6 Å². The van der Waals surface area contributed by atoms with Gasteiger partial charge in [-0.1, -0.05) is 0 Å². The van der Waals surface area contributed by atoms with Crippen LogP contribution in [0.3, 0.4) is 0 Å². The molecule has 0 spiro atoms. The Hall–Kier alpha value is -2.02. The first kappa shape index (κ1) is 13.9. The second-order valence-corrected chi connectivity index (χ2v) is 6.46. The van der Waals surface area contributed by atoms with E-state index < -0.39 is 6.04 Å². The van der Waals surface area contributed by atoms with E-state index in [0.717, 1.165) is 23.5 Å². The van der Waals surface area contributed by atoms with Crippen molar-refractivity contribution in [2.24, 2.45) is 0 Å². The fraction of sp³-hybridized carbons (Fsp3) is 0.429. The molecule has 7 heteroatoms. The molecule has 0 aromatic carbocycles. The van der Waals surface area contributed by atoms with Gasteiger partial charge >= 0.3 is 0 Å². The summed E-state index contributed by atoms with van der Waals surface area (Å²) in [4.78, 5) is 28.3. The molecule has 21 heavy (non-hydrogen) atoms. The van der Waals surface area contributed by atoms with E-state index in [0.29, 0.717) is 10.9 Å². The highest BCUT2D eigenvalue weighted by atomic mass is 32.1. The van der Waals surface area contributed by atoms with Gasteiger partial charge in [0.15, 0.2) is 0 Å². The van der Waals surface area contributed by atoms with Crippen molar-refractivity contribution in [3.63, 3.8) is 0 Å². The van der Waals surface area contributed by atoms with E-state index in [9.17, 15) is 9.59 Å². The fourth-order valence-corrected chi connectivity index (χ4v) is 2.75. The molecule has 1 aliphatic rings. The first-order valence-corrected chi connectivity index (χ1v) is 7.69. The molecular formula is C14H16N4O2S. The first-order valence-electron chi connectivity index (χ1n) is 6.87. The molecule has 0 saturated heterocycles. The number of aryl methyl sites for hydroxylation is 1. The predicted octanol–water partition coefficient (Wildman–Crippen LogP) is 2.09. The number of carbonyl (C=O) groups is 1. The predicted molar refractivity (Wildman–Crippen MR) is 80.7 cm³/mol. The number of amides is 1. The van der Waals surface area contributed by atoms with Crippen LogP contribution in [0.15, 0.2) is 23.1 Å². The Balaban J connectivity index is 1.80. The van der Waals surface area contributed by atoms with Crippen LogP contribution in [0, 0.1) is 6.92 Å². The summed E-state index contributed by atoms with van der Waals surface area (Å²) in [5.74, 6) is 0.178. The SMILES string of the molecule is Cc1ncc(NC(=O)C(C)n2nc(C3CC3)ccc2=O)s1. The third-order valence-electron chi connectivity index (χ3n) is 3.46. The Labute approximate surface area is 125 Å². The van der Waals surface area contributed by atoms with Crippen LogP contribution >= 0.6 is 11.3 Å². The molecule has 2 aromatic rings. The van der Waals surface area contributed by atoms with Crippen molar-refractivity contribution in [1.29, 1.82) is 0 Å². The molecule has 1 aliphatic carbocycles. The van der Waals surface area contributed by atoms with Gasteiger partial charge in [0.1, 0.15) is 11.0 Å². The lowest BCUT2D eigenvalue weighted by atomic mass is 10.2. The normalized spacial score (nSPS) is 15.7. The van der Waals surface area contributed by atoms with Gasteiger partial charge in [0.05, 0.1) is 16.9 Å². The van der Waals surface area contributed by atoms with Crippen LogP contribution in [0.4, 0.5) is 5.00 Å². The molecule has 1 amide bonds. The standard InChI is InChI=1S/C14H16N4O2S/c1-8(14(20)16-12-7-15-9(2)21-12)18-13(19)6-5-11(17-18)10-3-4-10/h5-8,10H,3-4H2,1-2H3,(H,16,20). The van der Waals surface area contributed by atoms with E-state index in [1.54, 1.807) is 19.2 Å². The fourth-order valence-electron chi connectivity index (χ4n) is 2.07. The minimum atomic E-state index is -0.654. The number of hydrogen-bond acceptors (Lipinski definition) is 5. The number of rotatable bonds is 4. The summed E-state index contributed by atoms with van der Waals surface area (Å²) in [6, 6.07) is 2.59. The number of carbonyl (C=O) groups excluding carboxylic acids is 1. The van der Waals surface area contributed by atoms with Gasteiger partial charge in [0.2, 0.25) is 5.91 Å². The molecule has 110 valence electrons. The number of thiazole rings is 1. The summed E-state index contributed by atoms with van der Waals surface area (Å²) in [7, 11) is 0. The van der Waals surface area contributed by atoms with Gasteiger partial charge in [0.25, 0.3) is 5.56 Å². The minimum absolute atomic E-state index is 0.262. The Kier molecular flexibility index (Phi) is 3.59. The molecule has 1 fully saturated rings. The Morgan fingerprint density at radius 1 is 1.48 bits per heavy atom. The Morgan fingerprint density at radius 2 is 2.24 bits per heavy atom. The number of nitrogens with one attached hydrogen (secondary N) is 1. The van der Waals surface area contributed by atoms with Crippen LogP contribution in [0.5, 0.6) is 0 Å². The van der Waals surface area contributed by atoms with Crippen LogP contribution in [-0.4, -0.2) is 20.7 Å². The largest absolute Gasteiger partial charge is 0.315 e. The van der Waals surface area contributed by atoms with Crippen molar-refractivity contribution in [3.05, 3.63) is 39.4 Å². The smallest absolute Gasteiger partial charge is 0.267 e. The lowest BCUT2D eigenvalue weighted by Crippen LogP contribution is -2.33. The van der Waals surface area contributed by atoms with E-state index in [4.69, 9.17) is 0 Å². The number of nitrogens with zero attached hydrogens (tertiary/aromatic N) is 3. The average Bonchev–Trinajstić information content (AvgIpc) is 3.22. The van der Waals surface area contributed by atoms with Gasteiger partial charge in [-0.25, -0.2) is 9.67 Å². The van der Waals surface area contributed by atoms with Crippen molar-refractivity contribution in [1.82, 2.24) is 14.8 Å². The van der Waals surface area contributed by atoms with Crippen LogP contribution in [-0.2, 0) is 4.79 Å². The molecule has 2 heterocycles. The average molecular weight is 304 g/mol. The van der Waals surface area contributed by atoms with Gasteiger partial charge < -0.3 is 5.32 Å². The number of aromatic nitrogens is 3. The van der Waals surface area contributed by atoms with Gasteiger partial charge in [-0.3, -0.25) is 9.59 Å². The molecular weight excluding hydrogens is 288 g/mol. The summed E-state index contributed by atoms with van der Waals surface area (Å²) < 4.78 is 1.26. The third kappa shape index (κ3) is 3.02. The molecule has 1 N–H and O–H groups in total. The molecule has 3 rings (SSSR count). The Morgan fingerprint density at radius 3 is 2.86 bits per heavy atom. The van der Waals surface area contributed by atoms with Crippen molar-refractivity contribution < 1.29 is 4.79 Å². The van der Waals surface area contributed by atoms with Gasteiger partial charge in [0, 0.05) is 12.0 Å². The third-order valence-corrected chi connectivity index (χ3v) is 4.28. The zero-order valence-electron chi connectivity index (χ0n) is 11.9. The first-order chi connectivity index (χ1) is 10.0. The summed E-state index contributed by atoms with van der Waals surface area (Å²) in [6.45, 7) is 3.54. The van der Waals surface area contributed by atoms with Crippen LogP contribution < -0.4 is 10.9 Å². The van der Waals surface area contributed by atoms with Crippen molar-refractivity contribution in [2.75, 3.05) is 5.32 Å². The van der Waals surface area contributed by atoms with E-state index >= 15 is 0 Å². The molecule has 6 nitrogen and oxygen atoms in total. The van der Waals surface area contributed by atoms with Gasteiger partial charge in [-0.15, -0.1) is 11.3 Å². The minimum Gasteiger partial charge on any atom is -0.315 e. The zero-order valence-corrected chi connectivity index (χ0v) is 12.7. The lowest BCUT2D eigenvalue weighted by Gasteiger charge is -2.13. The van der Waals surface area contributed by atoms with Gasteiger partial charge in [-0.2, -0.15) is 5.10 Å². The van der Waals surface area contributed by atoms with E-state index in [1.165, 1.54) is 22.1 Å². The number of hydrogen-bond donors (Lipinski definition) is 1. The van der Waals surface area contributed by atoms with E-state index in [1.807, 2.05) is 6.92 Å². The van der Waals surface area contributed by atoms with Crippen LogP contribution in [0.1, 0.15) is 42.4 Å². The summed E-state index contributed by atoms with van der Waals surface area (Å²) in [5, 5.41) is 8.66. The van der Waals surface area contributed by atoms with Crippen molar-refractivity contribution in [3.8, 4) is 0 Å². The molecule has 2 aromatic heterocycles. The van der Waals surface area contributed by atoms with Crippen LogP contribution in [0.25, 0.3) is 0 Å². The number of anilines is 1. The second-order valence-electron chi connectivity index (χ2n) is 5.22. The topological polar surface area (TPSA) is 76.9 Å². The van der Waals surface area contributed by atoms with E-state index in [2.05, 4.69) is 15.4 Å². The maximum Gasteiger partial charge on any atom is 0.267 e. The molecule has 1 atom stereocenters. The zero-order chi connectivity index (χ0) is 15.0. The highest BCUT2D eigenvalue weighted by Crippen LogP contribution is 2.38. The molecule has 1 unspecified atom stereocenters. The van der Waals surface area contributed by atoms with Gasteiger partial charge in [-0.05, 0) is 32.8 Å². The monoisotopic (exact) mass is 304 g/mol. The van der Waals surface area contributed by atoms with Crippen molar-refractivity contribution >= 4 is 22.2 Å². The molecule has 0 bridgehead atoms. The maximum atomic E-state index is 12.2. The van der Waals surface area contributed by atoms with E-state index in [-0.39, 0.29) is 11.5 Å². The Bertz CT molecular complexity index is 733. The lowest BCUT2D eigenvalue weighted by molar-refractivity contribution is -0.119. The highest BCUT2D eigenvalue weighted by molar-refractivity contribution is 7.15. The molecule has 0 radical (unpaired) electrons. The second kappa shape index (κ2) is 5.40. The summed E-state index contributed by atoms with van der Waals surface area (Å²) in [5.41, 5.74) is 0.630. The molecule has 1 saturated carbocycles. The quantitative estimate of drug-likeness (QED) is 0.938. The van der Waals surface area contributed by atoms with Crippen LogP contribution in [0.2, 0.25) is 0 Å².